The third-order valence-electron chi connectivity index (χ3n) is 1.59. The maximum Gasteiger partial charge on any atom is 1.00 e. The van der Waals surface area contributed by atoms with Gasteiger partial charge in [0.05, 0.1) is 11.1 Å². The Hall–Kier alpha value is -0.930. The molecule has 0 amide bonds. The van der Waals surface area contributed by atoms with Crippen LogP contribution in [0.25, 0.3) is 0 Å². The van der Waals surface area contributed by atoms with Gasteiger partial charge in [0.15, 0.2) is 0 Å². The molecule has 0 aliphatic carbocycles. The normalized spacial score (nSPS) is 9.00. The number of hydrogen-bond acceptors (Lipinski definition) is 6. The molecule has 88 valence electrons. The van der Waals surface area contributed by atoms with E-state index >= 15 is 0 Å². The fourth-order valence-corrected chi connectivity index (χ4v) is 1.39. The molecule has 7 nitrogen and oxygen atoms in total. The van der Waals surface area contributed by atoms with E-state index in [1.54, 1.807) is 0 Å². The molecule has 1 rings (SSSR count). The predicted molar refractivity (Wildman–Crippen MR) is 49.3 cm³/mol. The minimum Gasteiger partial charge on any atom is -0.870 e. The summed E-state index contributed by atoms with van der Waals surface area (Å²) >= 11 is 0. The van der Waals surface area contributed by atoms with Crippen LogP contribution in [-0.4, -0.2) is 27.6 Å². The van der Waals surface area contributed by atoms with Crippen LogP contribution in [0.2, 0.25) is 0 Å². The van der Waals surface area contributed by atoms with Gasteiger partial charge in [-0.15, -0.1) is 0 Å². The minimum absolute atomic E-state index is 0. The Kier molecular flexibility index (Phi) is 8.03. The molecule has 3 N–H and O–H groups in total. The van der Waals surface area contributed by atoms with Crippen LogP contribution in [0.1, 0.15) is 20.7 Å². The molecular weight excluding hydrogens is 263 g/mol. The number of rotatable bonds is 3. The van der Waals surface area contributed by atoms with Gasteiger partial charge in [-0.05, 0) is 16.8 Å². The molecule has 1 aromatic rings. The molecule has 0 bridgehead atoms. The van der Waals surface area contributed by atoms with Crippen molar-refractivity contribution >= 4 is 22.6 Å². The van der Waals surface area contributed by atoms with Gasteiger partial charge < -0.3 is 24.1 Å². The molecule has 0 atom stereocenters. The summed E-state index contributed by atoms with van der Waals surface area (Å²) in [6, 6.07) is 2.66. The SMILES string of the molecule is O=C(O)c1cc(C(=O)O)cc([S-](=O)=O)c1.[Na+].[OH-]. The van der Waals surface area contributed by atoms with Crippen molar-refractivity contribution in [3.05, 3.63) is 29.3 Å². The van der Waals surface area contributed by atoms with Crippen LogP contribution in [0.15, 0.2) is 23.1 Å². The Bertz CT molecular complexity index is 468. The maximum atomic E-state index is 10.6. The van der Waals surface area contributed by atoms with E-state index in [0.717, 1.165) is 18.2 Å². The zero-order valence-electron chi connectivity index (χ0n) is 8.61. The van der Waals surface area contributed by atoms with Crippen molar-refractivity contribution in [3.8, 4) is 0 Å². The van der Waals surface area contributed by atoms with E-state index in [0.29, 0.717) is 0 Å². The Morgan fingerprint density at radius 1 is 0.941 bits per heavy atom. The molecule has 0 aliphatic heterocycles. The molecule has 17 heavy (non-hydrogen) atoms. The van der Waals surface area contributed by atoms with Gasteiger partial charge in [0.1, 0.15) is 0 Å². The van der Waals surface area contributed by atoms with Gasteiger partial charge >= 0.3 is 41.5 Å². The van der Waals surface area contributed by atoms with Gasteiger partial charge in [0.2, 0.25) is 0 Å². The summed E-state index contributed by atoms with van der Waals surface area (Å²) in [5.41, 5.74) is -0.761. The first-order chi connectivity index (χ1) is 6.91. The van der Waals surface area contributed by atoms with Crippen LogP contribution in [0, 0.1) is 0 Å². The van der Waals surface area contributed by atoms with Crippen molar-refractivity contribution in [3.63, 3.8) is 0 Å². The summed E-state index contributed by atoms with van der Waals surface area (Å²) < 4.78 is 21.1. The second-order valence-electron chi connectivity index (χ2n) is 2.59. The molecule has 0 radical (unpaired) electrons. The number of hydrogen-bond donors (Lipinski definition) is 2. The first kappa shape index (κ1) is 18.4. The minimum atomic E-state index is -2.66. The average Bonchev–Trinajstić information content (AvgIpc) is 2.16. The molecule has 1 aromatic carbocycles. The summed E-state index contributed by atoms with van der Waals surface area (Å²) in [6.45, 7) is 0. The van der Waals surface area contributed by atoms with Crippen LogP contribution >= 0.6 is 0 Å². The molecule has 0 aliphatic rings. The third kappa shape index (κ3) is 4.84. The Balaban J connectivity index is 0. The maximum absolute atomic E-state index is 10.6. The second-order valence-corrected chi connectivity index (χ2v) is 3.53. The molecule has 9 heteroatoms. The molecule has 0 aromatic heterocycles. The zero-order chi connectivity index (χ0) is 11.6. The number of carbonyl (C=O) groups is 2. The van der Waals surface area contributed by atoms with Crippen molar-refractivity contribution in [2.24, 2.45) is 0 Å². The predicted octanol–water partition coefficient (Wildman–Crippen LogP) is -2.42. The fourth-order valence-electron chi connectivity index (χ4n) is 0.942. The Morgan fingerprint density at radius 2 is 1.29 bits per heavy atom. The zero-order valence-corrected chi connectivity index (χ0v) is 11.4. The van der Waals surface area contributed by atoms with Crippen LogP contribution in [0.5, 0.6) is 0 Å². The number of carboxylic acids is 2. The van der Waals surface area contributed by atoms with Crippen molar-refractivity contribution < 1.29 is 63.3 Å². The van der Waals surface area contributed by atoms with Crippen LogP contribution in [0.3, 0.4) is 0 Å². The standard InChI is InChI=1S/C8H5O6S.Na.H2O/c9-7(10)4-1-5(8(11)12)3-6(2-4)15(13)14;;/h1-3H,(H,9,10)(H,11,12);;1H2/q-1;+1;/p-1. The van der Waals surface area contributed by atoms with E-state index in [9.17, 15) is 18.0 Å². The van der Waals surface area contributed by atoms with Crippen molar-refractivity contribution in [2.45, 2.75) is 4.90 Å². The monoisotopic (exact) mass is 269 g/mol. The first-order valence-electron chi connectivity index (χ1n) is 3.62. The molecule has 0 unspecified atom stereocenters. The van der Waals surface area contributed by atoms with E-state index in [-0.39, 0.29) is 51.1 Å². The van der Waals surface area contributed by atoms with Crippen molar-refractivity contribution in [1.82, 2.24) is 0 Å². The quantitative estimate of drug-likeness (QED) is 0.459. The fraction of sp³-hybridized carbons (Fsp3) is 0. The molecule has 0 saturated heterocycles. The van der Waals surface area contributed by atoms with Gasteiger partial charge in [0, 0.05) is 0 Å². The first-order valence-corrected chi connectivity index (χ1v) is 4.70. The molecule has 0 saturated carbocycles. The number of benzene rings is 1. The molecule has 0 spiro atoms. The van der Waals surface area contributed by atoms with E-state index in [4.69, 9.17) is 10.2 Å². The van der Waals surface area contributed by atoms with Crippen molar-refractivity contribution in [2.75, 3.05) is 0 Å². The summed E-state index contributed by atoms with van der Waals surface area (Å²) in [5, 5.41) is 17.2. The van der Waals surface area contributed by atoms with Gasteiger partial charge in [-0.2, -0.15) is 0 Å². The smallest absolute Gasteiger partial charge is 0.870 e. The van der Waals surface area contributed by atoms with Crippen LogP contribution in [-0.2, 0) is 19.1 Å². The van der Waals surface area contributed by atoms with Gasteiger partial charge in [-0.25, -0.2) is 9.59 Å². The van der Waals surface area contributed by atoms with Crippen LogP contribution < -0.4 is 29.6 Å². The average molecular weight is 269 g/mol. The summed E-state index contributed by atoms with van der Waals surface area (Å²) in [7, 11) is -2.66. The van der Waals surface area contributed by atoms with Crippen molar-refractivity contribution in [1.29, 1.82) is 0 Å². The Morgan fingerprint density at radius 3 is 1.53 bits per heavy atom. The van der Waals surface area contributed by atoms with E-state index in [2.05, 4.69) is 0 Å². The van der Waals surface area contributed by atoms with E-state index in [1.807, 2.05) is 0 Å². The summed E-state index contributed by atoms with van der Waals surface area (Å²) in [6.07, 6.45) is 0. The molecular formula is C8H6NaO7S-. The van der Waals surface area contributed by atoms with Gasteiger partial charge in [-0.3, -0.25) is 0 Å². The molecule has 0 fully saturated rings. The third-order valence-corrected chi connectivity index (χ3v) is 2.21. The molecule has 0 heterocycles. The largest absolute Gasteiger partial charge is 1.00 e. The summed E-state index contributed by atoms with van der Waals surface area (Å²) in [4.78, 5) is 20.7. The Labute approximate surface area is 120 Å². The summed E-state index contributed by atoms with van der Waals surface area (Å²) in [5.74, 6) is -2.77. The second kappa shape index (κ2) is 7.41. The van der Waals surface area contributed by atoms with Gasteiger partial charge in [-0.1, -0.05) is 17.0 Å². The topological polar surface area (TPSA) is 139 Å². The number of carboxylic acid groups (broad SMARTS) is 2. The van der Waals surface area contributed by atoms with Crippen LogP contribution in [0.4, 0.5) is 0 Å². The van der Waals surface area contributed by atoms with E-state index in [1.165, 1.54) is 0 Å². The number of aromatic carboxylic acids is 2. The van der Waals surface area contributed by atoms with E-state index < -0.39 is 22.6 Å². The van der Waals surface area contributed by atoms with Gasteiger partial charge in [0.25, 0.3) is 0 Å².